The molecule has 1 fully saturated rings. The van der Waals surface area contributed by atoms with Crippen LogP contribution in [0.5, 0.6) is 0 Å². The first-order valence-electron chi connectivity index (χ1n) is 5.44. The summed E-state index contributed by atoms with van der Waals surface area (Å²) < 4.78 is 0. The third kappa shape index (κ3) is 4.58. The van der Waals surface area contributed by atoms with E-state index in [4.69, 9.17) is 0 Å². The molecule has 1 nitrogen and oxygen atoms in total. The van der Waals surface area contributed by atoms with Crippen molar-refractivity contribution in [2.24, 2.45) is 0 Å². The molecule has 1 aliphatic heterocycles. The molecule has 1 rings (SSSR count). The van der Waals surface area contributed by atoms with Crippen molar-refractivity contribution >= 4 is 16.2 Å². The minimum atomic E-state index is -0.601. The van der Waals surface area contributed by atoms with Crippen molar-refractivity contribution < 1.29 is 0 Å². The first-order valence-corrected chi connectivity index (χ1v) is 10.6. The van der Waals surface area contributed by atoms with Gasteiger partial charge in [-0.15, -0.1) is 0 Å². The van der Waals surface area contributed by atoms with Crippen LogP contribution in [0.1, 0.15) is 25.7 Å². The summed E-state index contributed by atoms with van der Waals surface area (Å²) >= 11 is -0.601. The molecule has 0 N–H and O–H groups in total. The fourth-order valence-electron chi connectivity index (χ4n) is 2.16. The second-order valence-electron chi connectivity index (χ2n) is 4.45. The van der Waals surface area contributed by atoms with Gasteiger partial charge >= 0.3 is 82.4 Å². The Bertz CT molecular complexity index is 108. The average Bonchev–Trinajstić information content (AvgIpc) is 2.49. The van der Waals surface area contributed by atoms with Gasteiger partial charge in [0.2, 0.25) is 0 Å². The van der Waals surface area contributed by atoms with E-state index in [-0.39, 0.29) is 0 Å². The molecule has 1 heterocycles. The molecule has 0 aliphatic carbocycles. The Morgan fingerprint density at radius 3 is 2.33 bits per heavy atom. The van der Waals surface area contributed by atoms with E-state index >= 15 is 0 Å². The van der Waals surface area contributed by atoms with Crippen molar-refractivity contribution in [2.45, 2.75) is 40.6 Å². The monoisotopic (exact) mass is 225 g/mol. The maximum absolute atomic E-state index is 2.31. The van der Waals surface area contributed by atoms with Crippen LogP contribution < -0.4 is 0 Å². The van der Waals surface area contributed by atoms with Gasteiger partial charge in [0.1, 0.15) is 0 Å². The van der Waals surface area contributed by atoms with Crippen molar-refractivity contribution in [3.8, 4) is 0 Å². The standard InChI is InChI=1S/C6H14N.C4H8.Ga/c1-4-5-6-7(2)3;1-3-4-2;/h1,4-6H2,2-3H3;1-4H2;. The van der Waals surface area contributed by atoms with Gasteiger partial charge in [0, 0.05) is 0 Å². The Balaban J connectivity index is 1.88. The van der Waals surface area contributed by atoms with E-state index in [1.165, 1.54) is 19.4 Å². The zero-order chi connectivity index (χ0) is 8.81. The van der Waals surface area contributed by atoms with Crippen LogP contribution in [0.15, 0.2) is 0 Å². The summed E-state index contributed by atoms with van der Waals surface area (Å²) in [7, 11) is 4.36. The molecule has 0 radical (unpaired) electrons. The van der Waals surface area contributed by atoms with Gasteiger partial charge in [0.05, 0.1) is 0 Å². The summed E-state index contributed by atoms with van der Waals surface area (Å²) in [6.45, 7) is 1.30. The summed E-state index contributed by atoms with van der Waals surface area (Å²) in [5.41, 5.74) is 0. The number of nitrogens with zero attached hydrogens (tertiary/aromatic N) is 1. The predicted octanol–water partition coefficient (Wildman–Crippen LogP) is 2.62. The van der Waals surface area contributed by atoms with Gasteiger partial charge in [-0.3, -0.25) is 0 Å². The number of hydrogen-bond donors (Lipinski definition) is 0. The van der Waals surface area contributed by atoms with Crippen LogP contribution in [0.2, 0.25) is 14.9 Å². The Hall–Kier alpha value is 0.596. The van der Waals surface area contributed by atoms with Gasteiger partial charge in [0.15, 0.2) is 0 Å². The molecule has 2 heteroatoms. The number of hydrogen-bond acceptors (Lipinski definition) is 1. The van der Waals surface area contributed by atoms with Gasteiger partial charge in [-0.05, 0) is 0 Å². The summed E-state index contributed by atoms with van der Waals surface area (Å²) in [4.78, 5) is 7.40. The molecular formula is C10H22GaN. The molecule has 1 saturated heterocycles. The Labute approximate surface area is 82.6 Å². The molecule has 0 aromatic heterocycles. The van der Waals surface area contributed by atoms with Crippen LogP contribution in [0.4, 0.5) is 0 Å². The molecular weight excluding hydrogens is 204 g/mol. The minimum absolute atomic E-state index is 0.601. The fourth-order valence-corrected chi connectivity index (χ4v) is 9.43. The van der Waals surface area contributed by atoms with E-state index in [0.29, 0.717) is 0 Å². The molecule has 0 unspecified atom stereocenters. The van der Waals surface area contributed by atoms with Crippen molar-refractivity contribution in [3.63, 3.8) is 0 Å². The van der Waals surface area contributed by atoms with Crippen molar-refractivity contribution in [2.75, 3.05) is 20.6 Å². The summed E-state index contributed by atoms with van der Waals surface area (Å²) in [6, 6.07) is 0. The SMILES string of the molecule is CN(C)CCC[CH2][Ga]1[CH2]CC[CH2]1. The van der Waals surface area contributed by atoms with Gasteiger partial charge in [0.25, 0.3) is 0 Å². The molecule has 0 saturated carbocycles. The van der Waals surface area contributed by atoms with E-state index < -0.39 is 16.2 Å². The molecule has 0 bridgehead atoms. The first kappa shape index (κ1) is 10.7. The predicted molar refractivity (Wildman–Crippen MR) is 57.2 cm³/mol. The summed E-state index contributed by atoms with van der Waals surface area (Å²) in [5.74, 6) is 0. The van der Waals surface area contributed by atoms with Gasteiger partial charge in [-0.2, -0.15) is 0 Å². The Kier molecular flexibility index (Phi) is 5.44. The molecule has 1 aliphatic rings. The van der Waals surface area contributed by atoms with Crippen LogP contribution in [0.25, 0.3) is 0 Å². The van der Waals surface area contributed by atoms with Crippen molar-refractivity contribution in [1.29, 1.82) is 0 Å². The van der Waals surface area contributed by atoms with E-state index in [1.54, 1.807) is 27.8 Å². The number of unbranched alkanes of at least 4 members (excludes halogenated alkanes) is 1. The second-order valence-corrected chi connectivity index (χ2v) is 11.7. The van der Waals surface area contributed by atoms with E-state index in [1.807, 2.05) is 0 Å². The zero-order valence-electron chi connectivity index (χ0n) is 8.68. The van der Waals surface area contributed by atoms with Crippen LogP contribution in [0.3, 0.4) is 0 Å². The molecule has 12 heavy (non-hydrogen) atoms. The molecule has 0 atom stereocenters. The molecule has 0 spiro atoms. The summed E-state index contributed by atoms with van der Waals surface area (Å²) in [6.07, 6.45) is 6.13. The van der Waals surface area contributed by atoms with E-state index in [0.717, 1.165) is 0 Å². The third-order valence-corrected chi connectivity index (χ3v) is 10.7. The van der Waals surface area contributed by atoms with Gasteiger partial charge in [-0.25, -0.2) is 0 Å². The average molecular weight is 226 g/mol. The third-order valence-electron chi connectivity index (χ3n) is 2.94. The Morgan fingerprint density at radius 2 is 1.75 bits per heavy atom. The van der Waals surface area contributed by atoms with Gasteiger partial charge < -0.3 is 0 Å². The van der Waals surface area contributed by atoms with Crippen molar-refractivity contribution in [3.05, 3.63) is 0 Å². The van der Waals surface area contributed by atoms with Crippen LogP contribution in [0, 0.1) is 0 Å². The molecule has 0 aromatic rings. The molecule has 0 amide bonds. The first-order chi connectivity index (χ1) is 5.79. The summed E-state index contributed by atoms with van der Waals surface area (Å²) in [5, 5.41) is 0. The second kappa shape index (κ2) is 6.11. The van der Waals surface area contributed by atoms with E-state index in [2.05, 4.69) is 19.0 Å². The van der Waals surface area contributed by atoms with Gasteiger partial charge in [-0.1, -0.05) is 0 Å². The van der Waals surface area contributed by atoms with Crippen LogP contribution in [-0.4, -0.2) is 41.8 Å². The maximum atomic E-state index is 2.31. The molecule has 0 aromatic carbocycles. The van der Waals surface area contributed by atoms with Crippen LogP contribution >= 0.6 is 0 Å². The fraction of sp³-hybridized carbons (Fsp3) is 1.00. The molecule has 70 valence electrons. The van der Waals surface area contributed by atoms with E-state index in [9.17, 15) is 0 Å². The quantitative estimate of drug-likeness (QED) is 0.514. The number of rotatable bonds is 5. The van der Waals surface area contributed by atoms with Crippen molar-refractivity contribution in [1.82, 2.24) is 4.90 Å². The Morgan fingerprint density at radius 1 is 1.08 bits per heavy atom. The van der Waals surface area contributed by atoms with Crippen LogP contribution in [-0.2, 0) is 0 Å². The topological polar surface area (TPSA) is 3.24 Å². The zero-order valence-corrected chi connectivity index (χ0v) is 11.1. The normalized spacial score (nSPS) is 17.8.